The lowest BCUT2D eigenvalue weighted by molar-refractivity contribution is 0.590. The average molecular weight is 310 g/mol. The van der Waals surface area contributed by atoms with Crippen LogP contribution >= 0.6 is 0 Å². The summed E-state index contributed by atoms with van der Waals surface area (Å²) in [5.74, 6) is 0.473. The van der Waals surface area contributed by atoms with E-state index in [2.05, 4.69) is 60.3 Å². The van der Waals surface area contributed by atoms with Crippen LogP contribution in [-0.2, 0) is 18.4 Å². The third-order valence-electron chi connectivity index (χ3n) is 3.67. The first-order valence-electron chi connectivity index (χ1n) is 7.98. The zero-order chi connectivity index (χ0) is 16.7. The van der Waals surface area contributed by atoms with Gasteiger partial charge in [-0.3, -0.25) is 4.98 Å². The van der Waals surface area contributed by atoms with Crippen LogP contribution in [0.15, 0.2) is 53.7 Å². The van der Waals surface area contributed by atoms with Gasteiger partial charge in [0.15, 0.2) is 5.96 Å². The van der Waals surface area contributed by atoms with Gasteiger partial charge < -0.3 is 11.1 Å². The SMILES string of the molecule is CC(C)(C)c1ccc(CN=C(N)NCCc2ccccn2)cc1. The van der Waals surface area contributed by atoms with E-state index in [0.717, 1.165) is 24.2 Å². The Hall–Kier alpha value is -2.36. The second-order valence-corrected chi connectivity index (χ2v) is 6.65. The van der Waals surface area contributed by atoms with Crippen LogP contribution in [0, 0.1) is 0 Å². The number of aromatic nitrogens is 1. The van der Waals surface area contributed by atoms with Crippen LogP contribution in [0.4, 0.5) is 0 Å². The van der Waals surface area contributed by atoms with E-state index in [1.807, 2.05) is 18.2 Å². The molecule has 0 amide bonds. The Labute approximate surface area is 138 Å². The minimum Gasteiger partial charge on any atom is -0.370 e. The molecule has 0 fully saturated rings. The van der Waals surface area contributed by atoms with Gasteiger partial charge in [-0.15, -0.1) is 0 Å². The molecule has 0 aliphatic heterocycles. The molecule has 0 unspecified atom stereocenters. The van der Waals surface area contributed by atoms with Crippen molar-refractivity contribution in [1.82, 2.24) is 10.3 Å². The molecule has 0 spiro atoms. The molecular formula is C19H26N4. The summed E-state index contributed by atoms with van der Waals surface area (Å²) in [4.78, 5) is 8.66. The van der Waals surface area contributed by atoms with Gasteiger partial charge >= 0.3 is 0 Å². The van der Waals surface area contributed by atoms with Crippen molar-refractivity contribution in [2.45, 2.75) is 39.2 Å². The van der Waals surface area contributed by atoms with Crippen molar-refractivity contribution in [2.75, 3.05) is 6.54 Å². The standard InChI is InChI=1S/C19H26N4/c1-19(2,3)16-9-7-15(8-10-16)14-23-18(20)22-13-11-17-6-4-5-12-21-17/h4-10,12H,11,13-14H2,1-3H3,(H3,20,22,23). The van der Waals surface area contributed by atoms with Crippen LogP contribution in [0.25, 0.3) is 0 Å². The lowest BCUT2D eigenvalue weighted by atomic mass is 9.87. The molecule has 2 rings (SSSR count). The maximum absolute atomic E-state index is 5.90. The van der Waals surface area contributed by atoms with E-state index in [4.69, 9.17) is 5.73 Å². The molecule has 0 saturated heterocycles. The molecule has 0 bridgehead atoms. The summed E-state index contributed by atoms with van der Waals surface area (Å²) in [6, 6.07) is 14.5. The Morgan fingerprint density at radius 1 is 1.13 bits per heavy atom. The molecule has 0 aliphatic carbocycles. The molecule has 122 valence electrons. The number of rotatable bonds is 5. The van der Waals surface area contributed by atoms with Crippen LogP contribution < -0.4 is 11.1 Å². The number of hydrogen-bond donors (Lipinski definition) is 2. The Morgan fingerprint density at radius 2 is 1.87 bits per heavy atom. The Kier molecular flexibility index (Phi) is 5.74. The number of nitrogens with zero attached hydrogens (tertiary/aromatic N) is 2. The van der Waals surface area contributed by atoms with Crippen molar-refractivity contribution in [3.05, 3.63) is 65.5 Å². The van der Waals surface area contributed by atoms with E-state index in [-0.39, 0.29) is 5.41 Å². The van der Waals surface area contributed by atoms with Crippen LogP contribution in [0.1, 0.15) is 37.6 Å². The molecule has 4 nitrogen and oxygen atoms in total. The number of benzene rings is 1. The van der Waals surface area contributed by atoms with Gasteiger partial charge in [0.2, 0.25) is 0 Å². The highest BCUT2D eigenvalue weighted by molar-refractivity contribution is 5.77. The van der Waals surface area contributed by atoms with E-state index >= 15 is 0 Å². The number of nitrogens with one attached hydrogen (secondary N) is 1. The van der Waals surface area contributed by atoms with Crippen LogP contribution in [0.2, 0.25) is 0 Å². The third kappa shape index (κ3) is 5.74. The van der Waals surface area contributed by atoms with E-state index in [0.29, 0.717) is 12.5 Å². The second-order valence-electron chi connectivity index (χ2n) is 6.65. The summed E-state index contributed by atoms with van der Waals surface area (Å²) in [7, 11) is 0. The van der Waals surface area contributed by atoms with Crippen molar-refractivity contribution in [2.24, 2.45) is 10.7 Å². The van der Waals surface area contributed by atoms with Crippen molar-refractivity contribution >= 4 is 5.96 Å². The zero-order valence-electron chi connectivity index (χ0n) is 14.2. The van der Waals surface area contributed by atoms with Gasteiger partial charge in [0.05, 0.1) is 6.54 Å². The Balaban J connectivity index is 1.80. The molecule has 0 radical (unpaired) electrons. The summed E-state index contributed by atoms with van der Waals surface area (Å²) < 4.78 is 0. The largest absolute Gasteiger partial charge is 0.370 e. The van der Waals surface area contributed by atoms with Crippen molar-refractivity contribution in [3.8, 4) is 0 Å². The molecule has 0 aliphatic rings. The van der Waals surface area contributed by atoms with Gasteiger partial charge in [-0.1, -0.05) is 51.1 Å². The molecule has 3 N–H and O–H groups in total. The highest BCUT2D eigenvalue weighted by Crippen LogP contribution is 2.22. The maximum Gasteiger partial charge on any atom is 0.188 e. The summed E-state index contributed by atoms with van der Waals surface area (Å²) in [5.41, 5.74) is 9.61. The lowest BCUT2D eigenvalue weighted by Gasteiger charge is -2.18. The topological polar surface area (TPSA) is 63.3 Å². The monoisotopic (exact) mass is 310 g/mol. The summed E-state index contributed by atoms with van der Waals surface area (Å²) in [6.45, 7) is 7.96. The summed E-state index contributed by atoms with van der Waals surface area (Å²) >= 11 is 0. The number of hydrogen-bond acceptors (Lipinski definition) is 2. The Bertz CT molecular complexity index is 625. The minimum absolute atomic E-state index is 0.174. The normalized spacial score (nSPS) is 12.2. The fourth-order valence-electron chi connectivity index (χ4n) is 2.21. The molecule has 1 aromatic heterocycles. The third-order valence-corrected chi connectivity index (χ3v) is 3.67. The first-order chi connectivity index (χ1) is 10.9. The van der Waals surface area contributed by atoms with Gasteiger partial charge in [0, 0.05) is 24.9 Å². The van der Waals surface area contributed by atoms with Crippen LogP contribution in [-0.4, -0.2) is 17.5 Å². The van der Waals surface area contributed by atoms with Gasteiger partial charge in [0.1, 0.15) is 0 Å². The lowest BCUT2D eigenvalue weighted by Crippen LogP contribution is -2.33. The molecule has 4 heteroatoms. The average Bonchev–Trinajstić information content (AvgIpc) is 2.53. The maximum atomic E-state index is 5.90. The van der Waals surface area contributed by atoms with E-state index in [1.54, 1.807) is 6.20 Å². The van der Waals surface area contributed by atoms with E-state index < -0.39 is 0 Å². The molecule has 1 aromatic carbocycles. The number of pyridine rings is 1. The van der Waals surface area contributed by atoms with Crippen molar-refractivity contribution < 1.29 is 0 Å². The zero-order valence-corrected chi connectivity index (χ0v) is 14.2. The van der Waals surface area contributed by atoms with Gasteiger partial charge in [-0.2, -0.15) is 0 Å². The fraction of sp³-hybridized carbons (Fsp3) is 0.368. The Morgan fingerprint density at radius 3 is 2.48 bits per heavy atom. The fourth-order valence-corrected chi connectivity index (χ4v) is 2.21. The molecule has 0 saturated carbocycles. The number of nitrogens with two attached hydrogens (primary N) is 1. The number of guanidine groups is 1. The number of aliphatic imine (C=N–C) groups is 1. The van der Waals surface area contributed by atoms with E-state index in [9.17, 15) is 0 Å². The van der Waals surface area contributed by atoms with Gasteiger partial charge in [-0.25, -0.2) is 4.99 Å². The van der Waals surface area contributed by atoms with Crippen LogP contribution in [0.3, 0.4) is 0 Å². The first kappa shape index (κ1) is 17.0. The highest BCUT2D eigenvalue weighted by atomic mass is 15.1. The predicted octanol–water partition coefficient (Wildman–Crippen LogP) is 3.03. The molecule has 1 heterocycles. The second kappa shape index (κ2) is 7.77. The molecular weight excluding hydrogens is 284 g/mol. The molecule has 23 heavy (non-hydrogen) atoms. The highest BCUT2D eigenvalue weighted by Gasteiger charge is 2.12. The van der Waals surface area contributed by atoms with Gasteiger partial charge in [-0.05, 0) is 28.7 Å². The van der Waals surface area contributed by atoms with Crippen molar-refractivity contribution in [3.63, 3.8) is 0 Å². The molecule has 2 aromatic rings. The summed E-state index contributed by atoms with van der Waals surface area (Å²) in [5, 5.41) is 3.12. The minimum atomic E-state index is 0.174. The van der Waals surface area contributed by atoms with Crippen molar-refractivity contribution in [1.29, 1.82) is 0 Å². The van der Waals surface area contributed by atoms with Crippen LogP contribution in [0.5, 0.6) is 0 Å². The molecule has 0 atom stereocenters. The smallest absolute Gasteiger partial charge is 0.188 e. The van der Waals surface area contributed by atoms with Gasteiger partial charge in [0.25, 0.3) is 0 Å². The first-order valence-corrected chi connectivity index (χ1v) is 7.98. The quantitative estimate of drug-likeness (QED) is 0.659. The summed E-state index contributed by atoms with van der Waals surface area (Å²) in [6.07, 6.45) is 2.63. The van der Waals surface area contributed by atoms with E-state index in [1.165, 1.54) is 5.56 Å². The predicted molar refractivity (Wildman–Crippen MR) is 96.4 cm³/mol.